The Balaban J connectivity index is 1.31. The molecule has 2 heterocycles. The summed E-state index contributed by atoms with van der Waals surface area (Å²) in [5.74, 6) is -0.145. The van der Waals surface area contributed by atoms with Crippen molar-refractivity contribution in [2.75, 3.05) is 12.3 Å². The lowest BCUT2D eigenvalue weighted by atomic mass is 10.1. The van der Waals surface area contributed by atoms with Crippen molar-refractivity contribution < 1.29 is 23.2 Å². The number of carbonyl (C=O) groups is 3. The number of rotatable bonds is 8. The number of nitrogens with zero attached hydrogens (tertiary/aromatic N) is 1. The Morgan fingerprint density at radius 3 is 2.55 bits per heavy atom. The number of hydrogen-bond acceptors (Lipinski definition) is 5. The highest BCUT2D eigenvalue weighted by Crippen LogP contribution is 2.26. The Morgan fingerprint density at radius 1 is 1.03 bits per heavy atom. The highest BCUT2D eigenvalue weighted by atomic mass is 32.2. The smallest absolute Gasteiger partial charge is 0.261 e. The van der Waals surface area contributed by atoms with Crippen molar-refractivity contribution in [2.45, 2.75) is 17.9 Å². The maximum Gasteiger partial charge on any atom is 0.261 e. The molecule has 2 aromatic carbocycles. The van der Waals surface area contributed by atoms with Crippen LogP contribution in [0.1, 0.15) is 43.3 Å². The Hall–Kier alpha value is -3.39. The fourth-order valence-electron chi connectivity index (χ4n) is 3.23. The third-order valence-corrected chi connectivity index (χ3v) is 5.91. The molecule has 0 saturated heterocycles. The van der Waals surface area contributed by atoms with Gasteiger partial charge >= 0.3 is 0 Å². The van der Waals surface area contributed by atoms with E-state index in [0.717, 1.165) is 22.0 Å². The van der Waals surface area contributed by atoms with Crippen LogP contribution in [0.3, 0.4) is 0 Å². The molecule has 1 aliphatic heterocycles. The second kappa shape index (κ2) is 9.18. The van der Waals surface area contributed by atoms with Crippen LogP contribution >= 0.6 is 11.8 Å². The zero-order valence-corrected chi connectivity index (χ0v) is 17.3. The molecule has 0 saturated carbocycles. The van der Waals surface area contributed by atoms with Crippen LogP contribution < -0.4 is 5.32 Å². The van der Waals surface area contributed by atoms with Gasteiger partial charge in [0.2, 0.25) is 0 Å². The first-order valence-corrected chi connectivity index (χ1v) is 10.7. The summed E-state index contributed by atoms with van der Waals surface area (Å²) in [6, 6.07) is 14.2. The summed E-state index contributed by atoms with van der Waals surface area (Å²) in [4.78, 5) is 39.7. The fourth-order valence-corrected chi connectivity index (χ4v) is 4.08. The van der Waals surface area contributed by atoms with Gasteiger partial charge in [0.1, 0.15) is 11.6 Å². The molecule has 0 fully saturated rings. The van der Waals surface area contributed by atoms with Crippen molar-refractivity contribution in [1.29, 1.82) is 0 Å². The second-order valence-corrected chi connectivity index (χ2v) is 8.12. The molecule has 4 rings (SSSR count). The minimum atomic E-state index is -0.443. The van der Waals surface area contributed by atoms with Crippen molar-refractivity contribution in [3.63, 3.8) is 0 Å². The molecule has 8 heteroatoms. The van der Waals surface area contributed by atoms with Crippen molar-refractivity contribution >= 4 is 29.5 Å². The largest absolute Gasteiger partial charge is 0.467 e. The number of amides is 3. The third-order valence-electron chi connectivity index (χ3n) is 4.82. The number of furan rings is 1. The molecule has 6 nitrogen and oxygen atoms in total. The molecule has 0 aliphatic carbocycles. The highest BCUT2D eigenvalue weighted by molar-refractivity contribution is 7.99. The molecule has 0 radical (unpaired) electrons. The van der Waals surface area contributed by atoms with Gasteiger partial charge in [-0.15, -0.1) is 11.8 Å². The van der Waals surface area contributed by atoms with Gasteiger partial charge in [-0.1, -0.05) is 0 Å². The van der Waals surface area contributed by atoms with Gasteiger partial charge in [0.05, 0.1) is 23.9 Å². The van der Waals surface area contributed by atoms with E-state index in [-0.39, 0.29) is 29.4 Å². The molecule has 3 aromatic rings. The molecule has 0 spiro atoms. The normalized spacial score (nSPS) is 12.9. The van der Waals surface area contributed by atoms with Crippen LogP contribution in [0.2, 0.25) is 0 Å². The second-order valence-electron chi connectivity index (χ2n) is 6.95. The highest BCUT2D eigenvalue weighted by Gasteiger charge is 2.36. The topological polar surface area (TPSA) is 79.6 Å². The van der Waals surface area contributed by atoms with E-state index < -0.39 is 11.8 Å². The Kier molecular flexibility index (Phi) is 6.18. The van der Waals surface area contributed by atoms with Gasteiger partial charge in [-0.2, -0.15) is 0 Å². The number of nitrogens with one attached hydrogen (secondary N) is 1. The van der Waals surface area contributed by atoms with E-state index >= 15 is 0 Å². The molecule has 31 heavy (non-hydrogen) atoms. The van der Waals surface area contributed by atoms with Gasteiger partial charge in [0.15, 0.2) is 0 Å². The van der Waals surface area contributed by atoms with Gasteiger partial charge in [-0.3, -0.25) is 19.3 Å². The van der Waals surface area contributed by atoms with Gasteiger partial charge in [0.25, 0.3) is 17.7 Å². The Bertz CT molecular complexity index is 1110. The zero-order valence-electron chi connectivity index (χ0n) is 16.5. The molecular weight excluding hydrogens is 419 g/mol. The number of imide groups is 1. The third kappa shape index (κ3) is 4.69. The maximum absolute atomic E-state index is 12.9. The van der Waals surface area contributed by atoms with Crippen LogP contribution in [0, 0.1) is 5.82 Å². The summed E-state index contributed by atoms with van der Waals surface area (Å²) in [6.45, 7) is 0.508. The quantitative estimate of drug-likeness (QED) is 0.325. The van der Waals surface area contributed by atoms with E-state index in [1.807, 2.05) is 0 Å². The summed E-state index contributed by atoms with van der Waals surface area (Å²) in [7, 11) is 0. The van der Waals surface area contributed by atoms with Crippen molar-refractivity contribution in [3.8, 4) is 0 Å². The summed E-state index contributed by atoms with van der Waals surface area (Å²) in [6.07, 6.45) is 2.21. The lowest BCUT2D eigenvalue weighted by Crippen LogP contribution is -2.28. The van der Waals surface area contributed by atoms with E-state index in [9.17, 15) is 18.8 Å². The summed E-state index contributed by atoms with van der Waals surface area (Å²) >= 11 is 1.58. The molecule has 0 bridgehead atoms. The van der Waals surface area contributed by atoms with Crippen LogP contribution in [0.5, 0.6) is 0 Å². The molecule has 0 atom stereocenters. The minimum Gasteiger partial charge on any atom is -0.467 e. The molecule has 1 N–H and O–H groups in total. The first-order valence-electron chi connectivity index (χ1n) is 9.72. The van der Waals surface area contributed by atoms with Crippen LogP contribution in [0.4, 0.5) is 4.39 Å². The lowest BCUT2D eigenvalue weighted by molar-refractivity contribution is 0.0631. The van der Waals surface area contributed by atoms with Gasteiger partial charge < -0.3 is 9.73 Å². The number of thioether (sulfide) groups is 1. The molecule has 3 amide bonds. The monoisotopic (exact) mass is 438 g/mol. The van der Waals surface area contributed by atoms with E-state index in [4.69, 9.17) is 4.42 Å². The molecule has 1 aromatic heterocycles. The molecular formula is C23H19FN2O4S. The average Bonchev–Trinajstić information content (AvgIpc) is 3.37. The van der Waals surface area contributed by atoms with E-state index in [2.05, 4.69) is 5.32 Å². The van der Waals surface area contributed by atoms with Crippen molar-refractivity contribution in [2.24, 2.45) is 0 Å². The fraction of sp³-hybridized carbons (Fsp3) is 0.174. The number of fused-ring (bicyclic) bond motifs is 1. The number of halogens is 1. The number of carbonyl (C=O) groups excluding carboxylic acids is 3. The number of benzene rings is 2. The molecule has 158 valence electrons. The first-order chi connectivity index (χ1) is 15.0. The maximum atomic E-state index is 12.9. The zero-order chi connectivity index (χ0) is 21.8. The van der Waals surface area contributed by atoms with Crippen LogP contribution in [-0.4, -0.2) is 34.9 Å². The SMILES string of the molecule is O=C(NCCCSc1ccc(F)cc1)c1ccc2c(c1)C(=O)N(Cc1ccco1)C2=O. The molecule has 1 aliphatic rings. The van der Waals surface area contributed by atoms with Crippen LogP contribution in [-0.2, 0) is 6.54 Å². The van der Waals surface area contributed by atoms with Crippen LogP contribution in [0.25, 0.3) is 0 Å². The summed E-state index contributed by atoms with van der Waals surface area (Å²) < 4.78 is 18.1. The minimum absolute atomic E-state index is 0.0482. The van der Waals surface area contributed by atoms with Crippen molar-refractivity contribution in [3.05, 3.63) is 89.1 Å². The van der Waals surface area contributed by atoms with Gasteiger partial charge in [-0.05, 0) is 66.8 Å². The first kappa shape index (κ1) is 20.9. The predicted molar refractivity (Wildman–Crippen MR) is 113 cm³/mol. The van der Waals surface area contributed by atoms with E-state index in [1.165, 1.54) is 30.5 Å². The molecule has 0 unspecified atom stereocenters. The van der Waals surface area contributed by atoms with Crippen LogP contribution in [0.15, 0.2) is 70.2 Å². The van der Waals surface area contributed by atoms with Crippen molar-refractivity contribution in [1.82, 2.24) is 10.2 Å². The Labute approximate surface area is 182 Å². The average molecular weight is 438 g/mol. The lowest BCUT2D eigenvalue weighted by Gasteiger charge is -2.11. The van der Waals surface area contributed by atoms with Gasteiger partial charge in [0, 0.05) is 17.0 Å². The predicted octanol–water partition coefficient (Wildman–Crippen LogP) is 4.13. The van der Waals surface area contributed by atoms with E-state index in [1.54, 1.807) is 42.1 Å². The number of hydrogen-bond donors (Lipinski definition) is 1. The summed E-state index contributed by atoms with van der Waals surface area (Å²) in [5, 5.41) is 2.82. The van der Waals surface area contributed by atoms with Gasteiger partial charge in [-0.25, -0.2) is 4.39 Å². The van der Waals surface area contributed by atoms with E-state index in [0.29, 0.717) is 17.9 Å². The summed E-state index contributed by atoms with van der Waals surface area (Å²) in [5.41, 5.74) is 0.825. The Morgan fingerprint density at radius 2 is 1.81 bits per heavy atom. The standard InChI is InChI=1S/C23H19FN2O4S/c24-16-5-7-18(8-6-16)31-12-2-10-25-21(27)15-4-9-19-20(13-15)23(29)26(22(19)28)14-17-3-1-11-30-17/h1,3-9,11,13H,2,10,12,14H2,(H,25,27).